The molecule has 4 rings (SSSR count). The van der Waals surface area contributed by atoms with Gasteiger partial charge < -0.3 is 9.84 Å². The Labute approximate surface area is 191 Å². The van der Waals surface area contributed by atoms with Gasteiger partial charge in [0.25, 0.3) is 0 Å². The summed E-state index contributed by atoms with van der Waals surface area (Å²) in [5, 5.41) is 8.62. The van der Waals surface area contributed by atoms with E-state index >= 15 is 0 Å². The van der Waals surface area contributed by atoms with Crippen molar-refractivity contribution in [2.75, 3.05) is 18.4 Å². The van der Waals surface area contributed by atoms with Gasteiger partial charge in [0.2, 0.25) is 15.9 Å². The molecule has 1 atom stereocenters. The molecule has 3 aromatic rings. The molecule has 8 nitrogen and oxygen atoms in total. The average Bonchev–Trinajstić information content (AvgIpc) is 3.42. The molecule has 1 aliphatic rings. The number of thiophene rings is 1. The van der Waals surface area contributed by atoms with Crippen LogP contribution >= 0.6 is 11.3 Å². The Bertz CT molecular complexity index is 1230. The number of aryl methyl sites for hydroxylation is 2. The van der Waals surface area contributed by atoms with Crippen LogP contribution in [0.1, 0.15) is 34.9 Å². The number of carbonyl (C=O) groups is 1. The van der Waals surface area contributed by atoms with Crippen molar-refractivity contribution in [3.8, 4) is 0 Å². The van der Waals surface area contributed by atoms with Gasteiger partial charge in [-0.25, -0.2) is 13.4 Å². The summed E-state index contributed by atoms with van der Waals surface area (Å²) < 4.78 is 33.6. The van der Waals surface area contributed by atoms with Gasteiger partial charge in [0, 0.05) is 23.7 Å². The van der Waals surface area contributed by atoms with E-state index in [0.717, 1.165) is 10.6 Å². The van der Waals surface area contributed by atoms with Crippen LogP contribution in [0.2, 0.25) is 0 Å². The third-order valence-corrected chi connectivity index (χ3v) is 8.13. The summed E-state index contributed by atoms with van der Waals surface area (Å²) in [7, 11) is -3.88. The molecule has 3 aromatic heterocycles. The number of nitrogens with one attached hydrogen (secondary N) is 1. The van der Waals surface area contributed by atoms with Gasteiger partial charge in [0.1, 0.15) is 11.5 Å². The number of aromatic nitrogens is 2. The molecule has 1 fully saturated rings. The molecule has 0 saturated carbocycles. The molecule has 1 N–H and O–H groups in total. The highest BCUT2D eigenvalue weighted by Gasteiger charge is 2.37. The minimum atomic E-state index is -3.88. The molecule has 1 unspecified atom stereocenters. The molecule has 0 aliphatic carbocycles. The van der Waals surface area contributed by atoms with Gasteiger partial charge in [0.05, 0.1) is 5.92 Å². The van der Waals surface area contributed by atoms with Crippen molar-refractivity contribution in [3.63, 3.8) is 0 Å². The molecule has 0 bridgehead atoms. The molecule has 0 aromatic carbocycles. The van der Waals surface area contributed by atoms with Gasteiger partial charge in [-0.15, -0.1) is 11.3 Å². The number of nitrogens with zero attached hydrogens (tertiary/aromatic N) is 3. The van der Waals surface area contributed by atoms with Crippen molar-refractivity contribution in [1.82, 2.24) is 14.4 Å². The number of anilines is 1. The van der Waals surface area contributed by atoms with Crippen molar-refractivity contribution in [1.29, 1.82) is 0 Å². The quantitative estimate of drug-likeness (QED) is 0.582. The molecule has 1 amide bonds. The number of amides is 1. The second-order valence-electron chi connectivity index (χ2n) is 7.67. The SMILES string of the molecule is Cc1cccc(NC(=O)C2CCCN(S(=O)(=O)c3c(C)noc3/C=C/c3cccs3)C2)n1. The number of sulfonamides is 1. The van der Waals surface area contributed by atoms with E-state index in [9.17, 15) is 13.2 Å². The molecule has 4 heterocycles. The summed E-state index contributed by atoms with van der Waals surface area (Å²) in [5.74, 6) is -0.0498. The first-order chi connectivity index (χ1) is 15.3. The molecule has 1 aliphatic heterocycles. The lowest BCUT2D eigenvalue weighted by Gasteiger charge is -2.31. The van der Waals surface area contributed by atoms with E-state index in [0.29, 0.717) is 30.9 Å². The van der Waals surface area contributed by atoms with Gasteiger partial charge in [0.15, 0.2) is 10.7 Å². The summed E-state index contributed by atoms with van der Waals surface area (Å²) in [5.41, 5.74) is 1.09. The number of piperidine rings is 1. The van der Waals surface area contributed by atoms with E-state index in [2.05, 4.69) is 15.5 Å². The first-order valence-corrected chi connectivity index (χ1v) is 12.6. The predicted molar refractivity (Wildman–Crippen MR) is 124 cm³/mol. The standard InChI is InChI=1S/C22H24N4O4S2/c1-15-6-3-9-20(23-15)24-22(27)17-7-4-12-26(14-17)32(28,29)21-16(2)25-30-19(21)11-10-18-8-5-13-31-18/h3,5-6,8-11,13,17H,4,7,12,14H2,1-2H3,(H,23,24,27)/b11-10+. The molecule has 0 radical (unpaired) electrons. The number of hydrogen-bond donors (Lipinski definition) is 1. The van der Waals surface area contributed by atoms with E-state index in [4.69, 9.17) is 4.52 Å². The van der Waals surface area contributed by atoms with Crippen LogP contribution in [0.3, 0.4) is 0 Å². The van der Waals surface area contributed by atoms with E-state index in [-0.39, 0.29) is 23.1 Å². The summed E-state index contributed by atoms with van der Waals surface area (Å²) >= 11 is 1.54. The van der Waals surface area contributed by atoms with Crippen LogP contribution in [0.15, 0.2) is 45.1 Å². The number of hydrogen-bond acceptors (Lipinski definition) is 7. The van der Waals surface area contributed by atoms with Crippen molar-refractivity contribution >= 4 is 45.2 Å². The lowest BCUT2D eigenvalue weighted by atomic mass is 9.99. The molecule has 1 saturated heterocycles. The summed E-state index contributed by atoms with van der Waals surface area (Å²) in [4.78, 5) is 18.1. The highest BCUT2D eigenvalue weighted by Crippen LogP contribution is 2.30. The van der Waals surface area contributed by atoms with Crippen molar-refractivity contribution in [2.24, 2.45) is 5.92 Å². The average molecular weight is 473 g/mol. The Morgan fingerprint density at radius 3 is 2.84 bits per heavy atom. The van der Waals surface area contributed by atoms with Gasteiger partial charge in [-0.3, -0.25) is 4.79 Å². The van der Waals surface area contributed by atoms with E-state index in [1.807, 2.05) is 36.6 Å². The molecular formula is C22H24N4O4S2. The molecular weight excluding hydrogens is 448 g/mol. The summed E-state index contributed by atoms with van der Waals surface area (Å²) in [6.07, 6.45) is 4.61. The highest BCUT2D eigenvalue weighted by atomic mass is 32.2. The van der Waals surface area contributed by atoms with Gasteiger partial charge in [-0.2, -0.15) is 4.31 Å². The van der Waals surface area contributed by atoms with Gasteiger partial charge in [-0.1, -0.05) is 17.3 Å². The zero-order valence-electron chi connectivity index (χ0n) is 17.8. The van der Waals surface area contributed by atoms with Crippen LogP contribution in [0.4, 0.5) is 5.82 Å². The van der Waals surface area contributed by atoms with Gasteiger partial charge >= 0.3 is 0 Å². The third kappa shape index (κ3) is 4.82. The molecule has 0 spiro atoms. The minimum Gasteiger partial charge on any atom is -0.355 e. The van der Waals surface area contributed by atoms with Crippen LogP contribution in [-0.4, -0.2) is 41.9 Å². The zero-order valence-corrected chi connectivity index (χ0v) is 19.4. The Morgan fingerprint density at radius 1 is 1.25 bits per heavy atom. The fourth-order valence-corrected chi connectivity index (χ4v) is 6.08. The van der Waals surface area contributed by atoms with E-state index < -0.39 is 15.9 Å². The van der Waals surface area contributed by atoms with Crippen LogP contribution in [0.25, 0.3) is 12.2 Å². The predicted octanol–water partition coefficient (Wildman–Crippen LogP) is 3.96. The first-order valence-electron chi connectivity index (χ1n) is 10.3. The normalized spacial score (nSPS) is 17.6. The third-order valence-electron chi connectivity index (χ3n) is 5.27. The van der Waals surface area contributed by atoms with Crippen LogP contribution in [0.5, 0.6) is 0 Å². The Morgan fingerprint density at radius 2 is 2.09 bits per heavy atom. The van der Waals surface area contributed by atoms with Crippen molar-refractivity contribution < 1.29 is 17.7 Å². The maximum atomic E-state index is 13.5. The fourth-order valence-electron chi connectivity index (χ4n) is 3.69. The topological polar surface area (TPSA) is 105 Å². The summed E-state index contributed by atoms with van der Waals surface area (Å²) in [6, 6.07) is 9.22. The van der Waals surface area contributed by atoms with Crippen LogP contribution < -0.4 is 5.32 Å². The smallest absolute Gasteiger partial charge is 0.248 e. The van der Waals surface area contributed by atoms with Crippen molar-refractivity contribution in [2.45, 2.75) is 31.6 Å². The number of rotatable bonds is 6. The second-order valence-corrected chi connectivity index (χ2v) is 10.5. The Kier molecular flexibility index (Phi) is 6.54. The fraction of sp³-hybridized carbons (Fsp3) is 0.318. The maximum Gasteiger partial charge on any atom is 0.248 e. The maximum absolute atomic E-state index is 13.5. The molecule has 32 heavy (non-hydrogen) atoms. The Hall–Kier alpha value is -2.82. The Balaban J connectivity index is 1.53. The number of pyridine rings is 1. The molecule has 10 heteroatoms. The monoisotopic (exact) mass is 472 g/mol. The zero-order chi connectivity index (χ0) is 22.7. The van der Waals surface area contributed by atoms with Gasteiger partial charge in [-0.05, 0) is 62.4 Å². The van der Waals surface area contributed by atoms with Crippen LogP contribution in [-0.2, 0) is 14.8 Å². The molecule has 168 valence electrons. The largest absolute Gasteiger partial charge is 0.355 e. The first kappa shape index (κ1) is 22.4. The lowest BCUT2D eigenvalue weighted by Crippen LogP contribution is -2.44. The lowest BCUT2D eigenvalue weighted by molar-refractivity contribution is -0.120. The second kappa shape index (κ2) is 9.35. The summed E-state index contributed by atoms with van der Waals surface area (Å²) in [6.45, 7) is 3.89. The minimum absolute atomic E-state index is 0.0479. The van der Waals surface area contributed by atoms with E-state index in [1.165, 1.54) is 15.6 Å². The van der Waals surface area contributed by atoms with Crippen molar-refractivity contribution in [3.05, 3.63) is 57.7 Å². The highest BCUT2D eigenvalue weighted by molar-refractivity contribution is 7.89. The van der Waals surface area contributed by atoms with E-state index in [1.54, 1.807) is 25.1 Å². The van der Waals surface area contributed by atoms with Crippen LogP contribution in [0, 0.1) is 19.8 Å². The number of carbonyl (C=O) groups excluding carboxylic acids is 1.